The van der Waals surface area contributed by atoms with Gasteiger partial charge in [0.05, 0.1) is 11.4 Å². The van der Waals surface area contributed by atoms with Gasteiger partial charge in [0.1, 0.15) is 0 Å². The molecule has 3 aromatic rings. The van der Waals surface area contributed by atoms with Gasteiger partial charge in [0.15, 0.2) is 11.5 Å². The van der Waals surface area contributed by atoms with E-state index in [1.54, 1.807) is 0 Å². The van der Waals surface area contributed by atoms with Crippen molar-refractivity contribution >= 4 is 22.7 Å². The number of nitrogens with zero attached hydrogens (tertiary/aromatic N) is 2. The van der Waals surface area contributed by atoms with Crippen LogP contribution < -0.4 is 14.5 Å². The molecule has 25 heavy (non-hydrogen) atoms. The van der Waals surface area contributed by atoms with Gasteiger partial charge in [-0.05, 0) is 62.4 Å². The van der Waals surface area contributed by atoms with Gasteiger partial charge in [0, 0.05) is 24.5 Å². The second-order valence-corrected chi connectivity index (χ2v) is 6.06. The summed E-state index contributed by atoms with van der Waals surface area (Å²) in [5.74, 6) is 1.77. The molecule has 0 fully saturated rings. The molecule has 3 nitrogen and oxygen atoms in total. The summed E-state index contributed by atoms with van der Waals surface area (Å²) < 4.78 is 6.08. The summed E-state index contributed by atoms with van der Waals surface area (Å²) in [5.41, 5.74) is 4.52. The second-order valence-electron chi connectivity index (χ2n) is 6.06. The molecule has 0 unspecified atom stereocenters. The van der Waals surface area contributed by atoms with Gasteiger partial charge in [-0.3, -0.25) is 0 Å². The van der Waals surface area contributed by atoms with Crippen LogP contribution >= 0.6 is 0 Å². The van der Waals surface area contributed by atoms with E-state index in [4.69, 9.17) is 4.74 Å². The SMILES string of the molecule is CCN(CC)c1ccc(N2c3ccccc3Oc3ccccc32)cc1. The minimum absolute atomic E-state index is 0.883. The Morgan fingerprint density at radius 3 is 1.76 bits per heavy atom. The first-order chi connectivity index (χ1) is 12.3. The molecule has 3 aromatic carbocycles. The lowest BCUT2D eigenvalue weighted by atomic mass is 10.1. The van der Waals surface area contributed by atoms with E-state index >= 15 is 0 Å². The highest BCUT2D eigenvalue weighted by Gasteiger charge is 2.25. The predicted molar refractivity (Wildman–Crippen MR) is 105 cm³/mol. The molecule has 0 aliphatic carbocycles. The Morgan fingerprint density at radius 2 is 1.24 bits per heavy atom. The number of hydrogen-bond donors (Lipinski definition) is 0. The fraction of sp³-hybridized carbons (Fsp3) is 0.182. The van der Waals surface area contributed by atoms with Crippen LogP contribution in [0.25, 0.3) is 0 Å². The number of hydrogen-bond acceptors (Lipinski definition) is 3. The van der Waals surface area contributed by atoms with Crippen molar-refractivity contribution in [1.29, 1.82) is 0 Å². The molecule has 3 heteroatoms. The van der Waals surface area contributed by atoms with E-state index in [9.17, 15) is 0 Å². The topological polar surface area (TPSA) is 15.7 Å². The summed E-state index contributed by atoms with van der Waals surface area (Å²) >= 11 is 0. The highest BCUT2D eigenvalue weighted by Crippen LogP contribution is 2.50. The first-order valence-corrected chi connectivity index (χ1v) is 8.83. The Hall–Kier alpha value is -2.94. The molecular formula is C22H22N2O. The lowest BCUT2D eigenvalue weighted by molar-refractivity contribution is 0.477. The van der Waals surface area contributed by atoms with Gasteiger partial charge in [-0.15, -0.1) is 0 Å². The standard InChI is InChI=1S/C22H22N2O/c1-3-23(4-2)17-13-15-18(16-14-17)24-19-9-5-7-11-21(19)25-22-12-8-6-10-20(22)24/h5-16H,3-4H2,1-2H3. The van der Waals surface area contributed by atoms with Crippen molar-refractivity contribution < 1.29 is 4.74 Å². The van der Waals surface area contributed by atoms with Crippen LogP contribution in [0.2, 0.25) is 0 Å². The molecule has 1 aliphatic heterocycles. The zero-order valence-electron chi connectivity index (χ0n) is 14.6. The lowest BCUT2D eigenvalue weighted by Gasteiger charge is -2.33. The van der Waals surface area contributed by atoms with Crippen molar-refractivity contribution in [3.05, 3.63) is 72.8 Å². The van der Waals surface area contributed by atoms with Crippen LogP contribution in [0.3, 0.4) is 0 Å². The van der Waals surface area contributed by atoms with E-state index in [0.29, 0.717) is 0 Å². The van der Waals surface area contributed by atoms with Crippen LogP contribution in [-0.2, 0) is 0 Å². The molecule has 0 spiro atoms. The summed E-state index contributed by atoms with van der Waals surface area (Å²) in [7, 11) is 0. The van der Waals surface area contributed by atoms with Gasteiger partial charge in [-0.1, -0.05) is 24.3 Å². The van der Waals surface area contributed by atoms with Gasteiger partial charge in [-0.25, -0.2) is 0 Å². The van der Waals surface area contributed by atoms with Crippen molar-refractivity contribution in [3.63, 3.8) is 0 Å². The maximum atomic E-state index is 6.08. The van der Waals surface area contributed by atoms with Crippen molar-refractivity contribution in [2.45, 2.75) is 13.8 Å². The Morgan fingerprint density at radius 1 is 0.720 bits per heavy atom. The summed E-state index contributed by atoms with van der Waals surface area (Å²) in [6.45, 7) is 6.40. The number of anilines is 4. The second kappa shape index (κ2) is 6.52. The molecule has 0 atom stereocenters. The quantitative estimate of drug-likeness (QED) is 0.449. The molecule has 0 N–H and O–H groups in total. The summed E-state index contributed by atoms with van der Waals surface area (Å²) in [4.78, 5) is 4.62. The lowest BCUT2D eigenvalue weighted by Crippen LogP contribution is -2.21. The molecule has 4 rings (SSSR count). The van der Waals surface area contributed by atoms with Crippen molar-refractivity contribution in [3.8, 4) is 11.5 Å². The van der Waals surface area contributed by atoms with Gasteiger partial charge >= 0.3 is 0 Å². The maximum Gasteiger partial charge on any atom is 0.151 e. The van der Waals surface area contributed by atoms with E-state index in [1.165, 1.54) is 5.69 Å². The van der Waals surface area contributed by atoms with Gasteiger partial charge in [0.2, 0.25) is 0 Å². The van der Waals surface area contributed by atoms with Gasteiger partial charge < -0.3 is 14.5 Å². The third-order valence-electron chi connectivity index (χ3n) is 4.67. The van der Waals surface area contributed by atoms with Crippen molar-refractivity contribution in [2.24, 2.45) is 0 Å². The first kappa shape index (κ1) is 15.6. The highest BCUT2D eigenvalue weighted by atomic mass is 16.5. The maximum absolute atomic E-state index is 6.08. The van der Waals surface area contributed by atoms with E-state index < -0.39 is 0 Å². The largest absolute Gasteiger partial charge is 0.453 e. The number of ether oxygens (including phenoxy) is 1. The van der Waals surface area contributed by atoms with E-state index in [1.807, 2.05) is 36.4 Å². The molecule has 0 saturated heterocycles. The van der Waals surface area contributed by atoms with Gasteiger partial charge in [-0.2, -0.15) is 0 Å². The third kappa shape index (κ3) is 2.72. The Bertz CT molecular complexity index is 824. The van der Waals surface area contributed by atoms with Crippen LogP contribution in [0.1, 0.15) is 13.8 Å². The van der Waals surface area contributed by atoms with Crippen LogP contribution in [-0.4, -0.2) is 13.1 Å². The fourth-order valence-corrected chi connectivity index (χ4v) is 3.38. The molecule has 1 heterocycles. The van der Waals surface area contributed by atoms with E-state index in [2.05, 4.69) is 60.0 Å². The fourth-order valence-electron chi connectivity index (χ4n) is 3.38. The smallest absolute Gasteiger partial charge is 0.151 e. The molecule has 0 radical (unpaired) electrons. The minimum atomic E-state index is 0.883. The van der Waals surface area contributed by atoms with Crippen molar-refractivity contribution in [1.82, 2.24) is 0 Å². The molecular weight excluding hydrogens is 308 g/mol. The van der Waals surface area contributed by atoms with Crippen molar-refractivity contribution in [2.75, 3.05) is 22.9 Å². The van der Waals surface area contributed by atoms with Crippen LogP contribution in [0.5, 0.6) is 11.5 Å². The van der Waals surface area contributed by atoms with Crippen LogP contribution in [0.4, 0.5) is 22.7 Å². The molecule has 126 valence electrons. The van der Waals surface area contributed by atoms with Crippen LogP contribution in [0, 0.1) is 0 Å². The average molecular weight is 330 g/mol. The molecule has 0 aromatic heterocycles. The number of benzene rings is 3. The number of fused-ring (bicyclic) bond motifs is 2. The first-order valence-electron chi connectivity index (χ1n) is 8.83. The van der Waals surface area contributed by atoms with E-state index in [0.717, 1.165) is 41.7 Å². The minimum Gasteiger partial charge on any atom is -0.453 e. The number of rotatable bonds is 4. The summed E-state index contributed by atoms with van der Waals surface area (Å²) in [5, 5.41) is 0. The Labute approximate surface area is 149 Å². The predicted octanol–water partition coefficient (Wildman–Crippen LogP) is 6.11. The highest BCUT2D eigenvalue weighted by molar-refractivity contribution is 5.86. The average Bonchev–Trinajstić information content (AvgIpc) is 2.68. The molecule has 0 amide bonds. The number of para-hydroxylation sites is 4. The molecule has 1 aliphatic rings. The molecule has 0 bridgehead atoms. The zero-order chi connectivity index (χ0) is 17.2. The summed E-state index contributed by atoms with van der Waals surface area (Å²) in [6, 6.07) is 25.1. The Kier molecular flexibility index (Phi) is 4.06. The monoisotopic (exact) mass is 330 g/mol. The zero-order valence-corrected chi connectivity index (χ0v) is 14.6. The van der Waals surface area contributed by atoms with Crippen LogP contribution in [0.15, 0.2) is 72.8 Å². The normalized spacial score (nSPS) is 12.2. The van der Waals surface area contributed by atoms with E-state index in [-0.39, 0.29) is 0 Å². The molecule has 0 saturated carbocycles. The third-order valence-corrected chi connectivity index (χ3v) is 4.67. The van der Waals surface area contributed by atoms with Gasteiger partial charge in [0.25, 0.3) is 0 Å². The Balaban J connectivity index is 1.80. The summed E-state index contributed by atoms with van der Waals surface area (Å²) in [6.07, 6.45) is 0.